The molecule has 0 spiro atoms. The summed E-state index contributed by atoms with van der Waals surface area (Å²) in [5, 5.41) is 5.67. The fourth-order valence-electron chi connectivity index (χ4n) is 3.01. The van der Waals surface area contributed by atoms with E-state index in [9.17, 15) is 14.4 Å². The first-order chi connectivity index (χ1) is 13.9. The van der Waals surface area contributed by atoms with Gasteiger partial charge < -0.3 is 14.5 Å². The van der Waals surface area contributed by atoms with Crippen LogP contribution < -0.4 is 21.0 Å². The molecule has 3 aromatic rings. The number of nitrogens with one attached hydrogen (secondary N) is 2. The minimum atomic E-state index is -0.636. The fourth-order valence-corrected chi connectivity index (χ4v) is 3.01. The topological polar surface area (TPSA) is 97.6 Å². The smallest absolute Gasteiger partial charge is 0.336 e. The Morgan fingerprint density at radius 2 is 1.86 bits per heavy atom. The molecule has 0 unspecified atom stereocenters. The number of carbonyl (C=O) groups is 2. The van der Waals surface area contributed by atoms with Gasteiger partial charge in [0.1, 0.15) is 11.3 Å². The molecule has 0 aliphatic rings. The summed E-state index contributed by atoms with van der Waals surface area (Å²) < 4.78 is 10.6. The van der Waals surface area contributed by atoms with E-state index in [2.05, 4.69) is 10.6 Å². The lowest BCUT2D eigenvalue weighted by molar-refractivity contribution is -0.121. The van der Waals surface area contributed by atoms with Crippen LogP contribution in [0, 0.1) is 13.8 Å². The molecule has 3 amide bonds. The number of imide groups is 1. The summed E-state index contributed by atoms with van der Waals surface area (Å²) in [6.45, 7) is 5.42. The lowest BCUT2D eigenvalue weighted by atomic mass is 10.1. The summed E-state index contributed by atoms with van der Waals surface area (Å²) >= 11 is 0. The minimum Gasteiger partial charge on any atom is -0.484 e. The van der Waals surface area contributed by atoms with Crippen molar-refractivity contribution in [2.45, 2.75) is 27.2 Å². The zero-order chi connectivity index (χ0) is 21.0. The van der Waals surface area contributed by atoms with E-state index in [-0.39, 0.29) is 6.61 Å². The maximum absolute atomic E-state index is 12.0. The molecule has 2 N–H and O–H groups in total. The molecule has 2 aromatic carbocycles. The summed E-state index contributed by atoms with van der Waals surface area (Å²) in [6, 6.07) is 11.4. The van der Waals surface area contributed by atoms with Crippen LogP contribution in [0.1, 0.15) is 23.6 Å². The first-order valence-electron chi connectivity index (χ1n) is 9.23. The Morgan fingerprint density at radius 1 is 1.07 bits per heavy atom. The van der Waals surface area contributed by atoms with Gasteiger partial charge in [-0.25, -0.2) is 9.59 Å². The van der Waals surface area contributed by atoms with Gasteiger partial charge in [-0.05, 0) is 49.6 Å². The Hall–Kier alpha value is -3.61. The van der Waals surface area contributed by atoms with E-state index in [1.54, 1.807) is 24.3 Å². The molecule has 1 aromatic heterocycles. The number of urea groups is 1. The minimum absolute atomic E-state index is 0.358. The monoisotopic (exact) mass is 394 g/mol. The van der Waals surface area contributed by atoms with Gasteiger partial charge in [0, 0.05) is 23.2 Å². The molecule has 0 fully saturated rings. The van der Waals surface area contributed by atoms with Crippen molar-refractivity contribution in [3.05, 3.63) is 69.6 Å². The molecular weight excluding hydrogens is 372 g/mol. The van der Waals surface area contributed by atoms with Gasteiger partial charge in [0.15, 0.2) is 6.61 Å². The largest absolute Gasteiger partial charge is 0.484 e. The number of benzene rings is 2. The van der Waals surface area contributed by atoms with Crippen LogP contribution in [-0.2, 0) is 11.2 Å². The first kappa shape index (κ1) is 20.1. The van der Waals surface area contributed by atoms with Crippen molar-refractivity contribution in [3.63, 3.8) is 0 Å². The number of carbonyl (C=O) groups excluding carboxylic acids is 2. The molecule has 0 aliphatic carbocycles. The molecule has 150 valence electrons. The number of amides is 3. The van der Waals surface area contributed by atoms with Crippen molar-refractivity contribution in [3.8, 4) is 5.75 Å². The van der Waals surface area contributed by atoms with E-state index in [1.165, 1.54) is 6.07 Å². The van der Waals surface area contributed by atoms with Gasteiger partial charge in [0.25, 0.3) is 5.91 Å². The number of anilines is 1. The molecule has 1 heterocycles. The van der Waals surface area contributed by atoms with Gasteiger partial charge in [-0.2, -0.15) is 0 Å². The third-order valence-corrected chi connectivity index (χ3v) is 4.44. The van der Waals surface area contributed by atoms with Crippen LogP contribution in [0.2, 0.25) is 0 Å². The van der Waals surface area contributed by atoms with Gasteiger partial charge >= 0.3 is 11.7 Å². The molecule has 3 rings (SSSR count). The van der Waals surface area contributed by atoms with Crippen LogP contribution in [0.15, 0.2) is 51.7 Å². The highest BCUT2D eigenvalue weighted by Crippen LogP contribution is 2.23. The van der Waals surface area contributed by atoms with E-state index >= 15 is 0 Å². The van der Waals surface area contributed by atoms with E-state index in [0.717, 1.165) is 22.1 Å². The SMILES string of the molecule is CCc1cc(=O)oc2cc(OCC(=O)NC(=O)Nc3ccc(C)cc3C)ccc12. The van der Waals surface area contributed by atoms with Crippen LogP contribution >= 0.6 is 0 Å². The molecule has 0 radical (unpaired) electrons. The highest BCUT2D eigenvalue weighted by atomic mass is 16.5. The van der Waals surface area contributed by atoms with Crippen LogP contribution in [-0.4, -0.2) is 18.5 Å². The van der Waals surface area contributed by atoms with Crippen LogP contribution in [0.4, 0.5) is 10.5 Å². The number of hydrogen-bond donors (Lipinski definition) is 2. The highest BCUT2D eigenvalue weighted by molar-refractivity contribution is 6.02. The molecule has 0 saturated carbocycles. The van der Waals surface area contributed by atoms with Crippen molar-refractivity contribution in [1.29, 1.82) is 0 Å². The Kier molecular flexibility index (Phi) is 5.97. The average Bonchev–Trinajstić information content (AvgIpc) is 2.67. The summed E-state index contributed by atoms with van der Waals surface area (Å²) in [5.41, 5.74) is 3.43. The molecular formula is C22H22N2O5. The van der Waals surface area contributed by atoms with Crippen molar-refractivity contribution >= 4 is 28.6 Å². The maximum Gasteiger partial charge on any atom is 0.336 e. The molecule has 0 bridgehead atoms. The summed E-state index contributed by atoms with van der Waals surface area (Å²) in [5.74, 6) is -0.241. The van der Waals surface area contributed by atoms with Crippen LogP contribution in [0.25, 0.3) is 11.0 Å². The van der Waals surface area contributed by atoms with Gasteiger partial charge in [-0.1, -0.05) is 24.6 Å². The van der Waals surface area contributed by atoms with Gasteiger partial charge in [0.05, 0.1) is 0 Å². The van der Waals surface area contributed by atoms with Crippen molar-refractivity contribution in [2.24, 2.45) is 0 Å². The lowest BCUT2D eigenvalue weighted by Crippen LogP contribution is -2.37. The molecule has 7 nitrogen and oxygen atoms in total. The number of fused-ring (bicyclic) bond motifs is 1. The van der Waals surface area contributed by atoms with Gasteiger partial charge in [-0.15, -0.1) is 0 Å². The molecule has 0 aliphatic heterocycles. The van der Waals surface area contributed by atoms with Crippen molar-refractivity contribution < 1.29 is 18.7 Å². The molecule has 0 atom stereocenters. The quantitative estimate of drug-likeness (QED) is 0.643. The maximum atomic E-state index is 12.0. The van der Waals surface area contributed by atoms with Crippen LogP contribution in [0.5, 0.6) is 5.75 Å². The predicted octanol–water partition coefficient (Wildman–Crippen LogP) is 3.70. The third-order valence-electron chi connectivity index (χ3n) is 4.44. The van der Waals surface area contributed by atoms with Gasteiger partial charge in [0.2, 0.25) is 0 Å². The Bertz CT molecular complexity index is 1130. The van der Waals surface area contributed by atoms with Crippen molar-refractivity contribution in [1.82, 2.24) is 5.32 Å². The molecule has 0 saturated heterocycles. The molecule has 7 heteroatoms. The highest BCUT2D eigenvalue weighted by Gasteiger charge is 2.11. The van der Waals surface area contributed by atoms with E-state index in [0.29, 0.717) is 23.4 Å². The Balaban J connectivity index is 1.60. The van der Waals surface area contributed by atoms with E-state index in [4.69, 9.17) is 9.15 Å². The normalized spacial score (nSPS) is 10.6. The molecule has 29 heavy (non-hydrogen) atoms. The summed E-state index contributed by atoms with van der Waals surface area (Å²) in [7, 11) is 0. The number of aryl methyl sites for hydroxylation is 3. The Morgan fingerprint density at radius 3 is 2.59 bits per heavy atom. The predicted molar refractivity (Wildman–Crippen MR) is 110 cm³/mol. The van der Waals surface area contributed by atoms with E-state index in [1.807, 2.05) is 32.9 Å². The lowest BCUT2D eigenvalue weighted by Gasteiger charge is -2.11. The number of hydrogen-bond acceptors (Lipinski definition) is 5. The van der Waals surface area contributed by atoms with Crippen molar-refractivity contribution in [2.75, 3.05) is 11.9 Å². The third kappa shape index (κ3) is 5.01. The summed E-state index contributed by atoms with van der Waals surface area (Å²) in [6.07, 6.45) is 0.695. The zero-order valence-electron chi connectivity index (χ0n) is 16.5. The van der Waals surface area contributed by atoms with E-state index < -0.39 is 17.6 Å². The van der Waals surface area contributed by atoms with Gasteiger partial charge in [-0.3, -0.25) is 10.1 Å². The standard InChI is InChI=1S/C22H22N2O5/c1-4-15-10-21(26)29-19-11-16(6-7-17(15)19)28-12-20(25)24-22(27)23-18-8-5-13(2)9-14(18)3/h5-11H,4,12H2,1-3H3,(H2,23,24,25,27). The summed E-state index contributed by atoms with van der Waals surface area (Å²) in [4.78, 5) is 35.6. The first-order valence-corrected chi connectivity index (χ1v) is 9.23. The fraction of sp³-hybridized carbons (Fsp3) is 0.227. The second-order valence-corrected chi connectivity index (χ2v) is 6.71. The Labute approximate surface area is 167 Å². The zero-order valence-corrected chi connectivity index (χ0v) is 16.5. The second kappa shape index (κ2) is 8.60. The number of rotatable bonds is 5. The van der Waals surface area contributed by atoms with Crippen LogP contribution in [0.3, 0.4) is 0 Å². The number of ether oxygens (including phenoxy) is 1. The average molecular weight is 394 g/mol. The second-order valence-electron chi connectivity index (χ2n) is 6.71.